The fourth-order valence-electron chi connectivity index (χ4n) is 2.18. The molecule has 0 spiro atoms. The summed E-state index contributed by atoms with van der Waals surface area (Å²) in [7, 11) is 3.32. The summed E-state index contributed by atoms with van der Waals surface area (Å²) in [6, 6.07) is 6.41. The van der Waals surface area contributed by atoms with Gasteiger partial charge in [-0.2, -0.15) is 0 Å². The molecule has 0 aliphatic heterocycles. The number of methoxy groups -OCH3 is 1. The van der Waals surface area contributed by atoms with Crippen molar-refractivity contribution in [2.75, 3.05) is 7.11 Å². The number of ether oxygens (including phenoxy) is 2. The Hall–Kier alpha value is -3.16. The fraction of sp³-hybridized carbons (Fsp3) is 0.200. The molecule has 2 aromatic heterocycles. The molecule has 0 radical (unpaired) electrons. The Labute approximate surface area is 131 Å². The van der Waals surface area contributed by atoms with Crippen LogP contribution < -0.4 is 9.47 Å². The number of hydrogen-bond acceptors (Lipinski definition) is 6. The molecule has 118 valence electrons. The van der Waals surface area contributed by atoms with E-state index in [-0.39, 0.29) is 17.8 Å². The maximum Gasteiger partial charge on any atom is 0.299 e. The minimum atomic E-state index is -0.486. The third kappa shape index (κ3) is 2.91. The highest BCUT2D eigenvalue weighted by atomic mass is 16.6. The number of hydrogen-bond donors (Lipinski definition) is 0. The Morgan fingerprint density at radius 2 is 2.17 bits per heavy atom. The van der Waals surface area contributed by atoms with Crippen LogP contribution in [-0.2, 0) is 13.7 Å². The molecule has 8 nitrogen and oxygen atoms in total. The van der Waals surface area contributed by atoms with Gasteiger partial charge in [0.05, 0.1) is 18.1 Å². The van der Waals surface area contributed by atoms with Crippen molar-refractivity contribution in [2.24, 2.45) is 7.05 Å². The number of rotatable bonds is 5. The van der Waals surface area contributed by atoms with E-state index in [0.29, 0.717) is 17.0 Å². The van der Waals surface area contributed by atoms with Gasteiger partial charge < -0.3 is 14.0 Å². The molecule has 0 aliphatic rings. The second kappa shape index (κ2) is 5.91. The lowest BCUT2D eigenvalue weighted by Gasteiger charge is -2.08. The highest BCUT2D eigenvalue weighted by Gasteiger charge is 2.17. The van der Waals surface area contributed by atoms with Crippen LogP contribution in [0.2, 0.25) is 0 Å². The van der Waals surface area contributed by atoms with Gasteiger partial charge >= 0.3 is 0 Å². The molecule has 2 heterocycles. The van der Waals surface area contributed by atoms with Gasteiger partial charge in [-0.1, -0.05) is 0 Å². The van der Waals surface area contributed by atoms with Gasteiger partial charge in [0.25, 0.3) is 5.69 Å². The van der Waals surface area contributed by atoms with Crippen LogP contribution in [-0.4, -0.2) is 26.6 Å². The third-order valence-corrected chi connectivity index (χ3v) is 3.42. The molecule has 0 amide bonds. The average molecular weight is 314 g/mol. The monoisotopic (exact) mass is 314 g/mol. The molecule has 3 rings (SSSR count). The van der Waals surface area contributed by atoms with E-state index in [2.05, 4.69) is 9.97 Å². The molecule has 8 heteroatoms. The van der Waals surface area contributed by atoms with Crippen molar-refractivity contribution in [3.8, 4) is 11.6 Å². The molecule has 0 N–H and O–H groups in total. The first-order chi connectivity index (χ1) is 11.1. The fourth-order valence-corrected chi connectivity index (χ4v) is 2.18. The molecule has 0 fully saturated rings. The quantitative estimate of drug-likeness (QED) is 0.530. The molecule has 0 saturated heterocycles. The predicted molar refractivity (Wildman–Crippen MR) is 82.5 cm³/mol. The molecule has 0 unspecified atom stereocenters. The number of aryl methyl sites for hydroxylation is 1. The highest BCUT2D eigenvalue weighted by Crippen LogP contribution is 2.31. The molecular formula is C15H14N4O4. The van der Waals surface area contributed by atoms with E-state index in [4.69, 9.17) is 9.47 Å². The minimum absolute atomic E-state index is 0.123. The minimum Gasteiger partial charge on any atom is -0.496 e. The maximum atomic E-state index is 11.2. The average Bonchev–Trinajstić information content (AvgIpc) is 2.96. The molecule has 0 aliphatic carbocycles. The van der Waals surface area contributed by atoms with Crippen molar-refractivity contribution in [1.29, 1.82) is 0 Å². The molecule has 0 bridgehead atoms. The lowest BCUT2D eigenvalue weighted by atomic mass is 10.2. The molecule has 1 aromatic carbocycles. The summed E-state index contributed by atoms with van der Waals surface area (Å²) < 4.78 is 12.5. The van der Waals surface area contributed by atoms with E-state index in [9.17, 15) is 10.1 Å². The molecule has 23 heavy (non-hydrogen) atoms. The van der Waals surface area contributed by atoms with Crippen LogP contribution in [0.4, 0.5) is 5.69 Å². The number of nitro benzene ring substituents is 1. The number of nitrogens with zero attached hydrogens (tertiary/aromatic N) is 4. The van der Waals surface area contributed by atoms with E-state index < -0.39 is 4.92 Å². The summed E-state index contributed by atoms with van der Waals surface area (Å²) in [6.07, 6.45) is 3.48. The summed E-state index contributed by atoms with van der Waals surface area (Å²) in [5.74, 6) is 1.44. The third-order valence-electron chi connectivity index (χ3n) is 3.42. The van der Waals surface area contributed by atoms with Crippen molar-refractivity contribution in [1.82, 2.24) is 14.5 Å². The lowest BCUT2D eigenvalue weighted by molar-refractivity contribution is -0.383. The van der Waals surface area contributed by atoms with Crippen LogP contribution >= 0.6 is 0 Å². The van der Waals surface area contributed by atoms with Gasteiger partial charge in [0.15, 0.2) is 5.52 Å². The summed E-state index contributed by atoms with van der Waals surface area (Å²) >= 11 is 0. The van der Waals surface area contributed by atoms with Gasteiger partial charge in [0.1, 0.15) is 18.2 Å². The van der Waals surface area contributed by atoms with Crippen molar-refractivity contribution in [3.63, 3.8) is 0 Å². The van der Waals surface area contributed by atoms with Crippen molar-refractivity contribution >= 4 is 16.6 Å². The molecule has 3 aromatic rings. The van der Waals surface area contributed by atoms with E-state index in [1.807, 2.05) is 17.8 Å². The van der Waals surface area contributed by atoms with Crippen LogP contribution in [0.1, 0.15) is 5.82 Å². The summed E-state index contributed by atoms with van der Waals surface area (Å²) in [5, 5.41) is 11.9. The van der Waals surface area contributed by atoms with Crippen LogP contribution in [0.15, 0.2) is 36.7 Å². The largest absolute Gasteiger partial charge is 0.496 e. The Kier molecular flexibility index (Phi) is 3.80. The lowest BCUT2D eigenvalue weighted by Crippen LogP contribution is -2.04. The summed E-state index contributed by atoms with van der Waals surface area (Å²) in [5.41, 5.74) is 0.134. The number of imidazole rings is 1. The van der Waals surface area contributed by atoms with Crippen LogP contribution in [0, 0.1) is 10.1 Å². The van der Waals surface area contributed by atoms with Gasteiger partial charge in [-0.05, 0) is 12.1 Å². The SMILES string of the molecule is COc1cc([N+](=O)[O-])c2nc(OCc3nccn3C)ccc2c1. The van der Waals surface area contributed by atoms with Gasteiger partial charge in [-0.15, -0.1) is 0 Å². The smallest absolute Gasteiger partial charge is 0.299 e. The predicted octanol–water partition coefficient (Wildman–Crippen LogP) is 2.46. The Morgan fingerprint density at radius 1 is 1.35 bits per heavy atom. The van der Waals surface area contributed by atoms with Crippen molar-refractivity contribution < 1.29 is 14.4 Å². The topological polar surface area (TPSA) is 92.3 Å². The zero-order valence-corrected chi connectivity index (χ0v) is 12.6. The molecule has 0 atom stereocenters. The standard InChI is InChI=1S/C15H14N4O4/c1-18-6-5-16-13(18)9-23-14-4-3-10-7-11(22-2)8-12(19(20)21)15(10)17-14/h3-8H,9H2,1-2H3. The number of pyridine rings is 1. The zero-order chi connectivity index (χ0) is 16.4. The maximum absolute atomic E-state index is 11.2. The Bertz CT molecular complexity index is 875. The number of non-ortho nitro benzene ring substituents is 1. The number of benzene rings is 1. The molecule has 0 saturated carbocycles. The molecular weight excluding hydrogens is 300 g/mol. The number of fused-ring (bicyclic) bond motifs is 1. The second-order valence-corrected chi connectivity index (χ2v) is 4.87. The highest BCUT2D eigenvalue weighted by molar-refractivity contribution is 5.89. The summed E-state index contributed by atoms with van der Waals surface area (Å²) in [6.45, 7) is 0.228. The van der Waals surface area contributed by atoms with E-state index in [1.165, 1.54) is 13.2 Å². The normalized spacial score (nSPS) is 10.7. The first kappa shape index (κ1) is 14.8. The van der Waals surface area contributed by atoms with Gasteiger partial charge in [0, 0.05) is 30.9 Å². The van der Waals surface area contributed by atoms with Crippen LogP contribution in [0.25, 0.3) is 10.9 Å². The van der Waals surface area contributed by atoms with Crippen molar-refractivity contribution in [3.05, 3.63) is 52.6 Å². The van der Waals surface area contributed by atoms with Gasteiger partial charge in [-0.25, -0.2) is 9.97 Å². The second-order valence-electron chi connectivity index (χ2n) is 4.87. The zero-order valence-electron chi connectivity index (χ0n) is 12.6. The van der Waals surface area contributed by atoms with Crippen molar-refractivity contribution in [2.45, 2.75) is 6.61 Å². The Balaban J connectivity index is 1.96. The number of aromatic nitrogens is 3. The van der Waals surface area contributed by atoms with E-state index in [1.54, 1.807) is 24.4 Å². The van der Waals surface area contributed by atoms with Gasteiger partial charge in [0.2, 0.25) is 5.88 Å². The Morgan fingerprint density at radius 3 is 2.83 bits per heavy atom. The van der Waals surface area contributed by atoms with E-state index >= 15 is 0 Å². The summed E-state index contributed by atoms with van der Waals surface area (Å²) in [4.78, 5) is 19.1. The number of nitro groups is 1. The van der Waals surface area contributed by atoms with Crippen LogP contribution in [0.5, 0.6) is 11.6 Å². The van der Waals surface area contributed by atoms with E-state index in [0.717, 1.165) is 5.82 Å². The van der Waals surface area contributed by atoms with Crippen LogP contribution in [0.3, 0.4) is 0 Å². The first-order valence-corrected chi connectivity index (χ1v) is 6.80. The first-order valence-electron chi connectivity index (χ1n) is 6.80. The van der Waals surface area contributed by atoms with Gasteiger partial charge in [-0.3, -0.25) is 10.1 Å².